The smallest absolute Gasteiger partial charge is 0.477 e. The molecule has 0 heterocycles. The summed E-state index contributed by atoms with van der Waals surface area (Å²) in [6, 6.07) is 9.05. The molecule has 0 saturated heterocycles. The number of aliphatic hydroxyl groups is 2. The average Bonchev–Trinajstić information content (AvgIpc) is 3.88. The van der Waals surface area contributed by atoms with E-state index in [1.54, 1.807) is 0 Å². The zero-order valence-electron chi connectivity index (χ0n) is 45.2. The number of hydrogen-bond acceptors (Lipinski definition) is 11. The van der Waals surface area contributed by atoms with Crippen molar-refractivity contribution in [3.63, 3.8) is 0 Å². The summed E-state index contributed by atoms with van der Waals surface area (Å²) in [6.07, 6.45) is 16.8. The Bertz CT molecular complexity index is 2430. The largest absolute Gasteiger partial charge is 0.481 e. The van der Waals surface area contributed by atoms with Gasteiger partial charge < -0.3 is 29.7 Å². The second-order valence-corrected chi connectivity index (χ2v) is 26.2. The second-order valence-electron chi connectivity index (χ2n) is 24.6. The Morgan fingerprint density at radius 1 is 0.959 bits per heavy atom. The molecule has 0 aromatic heterocycles. The van der Waals surface area contributed by atoms with E-state index in [1.165, 1.54) is 34.4 Å². The molecule has 406 valence electrons. The molecule has 0 amide bonds. The molecule has 0 spiro atoms. The summed E-state index contributed by atoms with van der Waals surface area (Å²) in [5.41, 5.74) is 4.74. The summed E-state index contributed by atoms with van der Waals surface area (Å²) in [4.78, 5) is 26.5. The van der Waals surface area contributed by atoms with Gasteiger partial charge >= 0.3 is 13.8 Å². The van der Waals surface area contributed by atoms with Gasteiger partial charge in [0.15, 0.2) is 6.79 Å². The summed E-state index contributed by atoms with van der Waals surface area (Å²) in [7, 11) is -1.85. The van der Waals surface area contributed by atoms with Crippen LogP contribution in [-0.2, 0) is 37.2 Å². The standard InChI is InChI=1S/C61H86NO11P/c1-9-26-61(67)28-25-50-47-19-15-41-33-44(63)18-20-46(41)56(47)48(37-59(50,61)6)40-13-16-43(17-14-40)62(8)29-32-69-45-24-27-58(5)42(34-45)35-53(70-38-73-74(68,71-30-10-2)72-31-11-3)57-51-22-21-49(39(4)12-23-55(65)66)60(51,7)54(64)36-52(57)58/h10-11,13-17,39,42,45,47-54,57,64,67H,2-3,12,18-25,27-38H2,1,4-8H3,(H,65,66)/t39-,42+,45+,47?,48-,49-,50?,51+,52+,53-,54+,57+,58+,59+,60-,61+/m1/s1. The Morgan fingerprint density at radius 2 is 1.70 bits per heavy atom. The number of nitrogens with zero attached hydrogens (tertiary/aromatic N) is 1. The van der Waals surface area contributed by atoms with Crippen molar-refractivity contribution in [2.75, 3.05) is 45.1 Å². The van der Waals surface area contributed by atoms with E-state index < -0.39 is 30.9 Å². The van der Waals surface area contributed by atoms with Crippen LogP contribution in [-0.4, -0.2) is 91.2 Å². The Balaban J connectivity index is 0.881. The molecule has 3 N–H and O–H groups in total. The van der Waals surface area contributed by atoms with Gasteiger partial charge in [0.05, 0.1) is 38.1 Å². The van der Waals surface area contributed by atoms with Crippen LogP contribution in [0, 0.1) is 75.4 Å². The molecule has 16 atom stereocenters. The fourth-order valence-corrected chi connectivity index (χ4v) is 18.3. The number of phosphoric acid groups is 1. The second kappa shape index (κ2) is 22.2. The van der Waals surface area contributed by atoms with Crippen molar-refractivity contribution in [2.24, 2.45) is 63.6 Å². The monoisotopic (exact) mass is 1040 g/mol. The highest BCUT2D eigenvalue weighted by molar-refractivity contribution is 7.48. The molecule has 8 aliphatic rings. The van der Waals surface area contributed by atoms with Crippen molar-refractivity contribution in [3.05, 3.63) is 77.9 Å². The fraction of sp³-hybridized carbons (Fsp3) is 0.705. The Kier molecular flexibility index (Phi) is 16.6. The molecule has 7 fully saturated rings. The predicted octanol–water partition coefficient (Wildman–Crippen LogP) is 11.8. The third kappa shape index (κ3) is 10.2. The Hall–Kier alpha value is -3.37. The van der Waals surface area contributed by atoms with Gasteiger partial charge in [0.25, 0.3) is 0 Å². The van der Waals surface area contributed by atoms with E-state index in [4.69, 9.17) is 23.0 Å². The van der Waals surface area contributed by atoms with Crippen LogP contribution in [0.3, 0.4) is 0 Å². The SMILES string of the molecule is C=CCOP(=O)(OCC=C)OCO[C@@H]1C[C@@H]2C[C@@H](OCCN(C)c3ccc([C@H]4C[C@@]5(C)C(CC[C@@]5(O)C#CC)C5CC=C6CC(=O)CCC6=C54)cc3)CC[C@]2(C)[C@H]2C[C@H](O)[C@]3(C)[C@@H]([C@H](C)CCC(=O)O)CC[C@H]3[C@H]12. The molecule has 0 bridgehead atoms. The van der Waals surface area contributed by atoms with E-state index in [2.05, 4.69) is 95.0 Å². The van der Waals surface area contributed by atoms with Gasteiger partial charge in [0.1, 0.15) is 11.4 Å². The summed E-state index contributed by atoms with van der Waals surface area (Å²) in [5, 5.41) is 34.1. The predicted molar refractivity (Wildman–Crippen MR) is 287 cm³/mol. The molecule has 9 rings (SSSR count). The lowest BCUT2D eigenvalue weighted by atomic mass is 9.43. The number of hydrogen-bond donors (Lipinski definition) is 3. The number of anilines is 1. The first-order valence-electron chi connectivity index (χ1n) is 28.1. The zero-order chi connectivity index (χ0) is 52.8. The first-order chi connectivity index (χ1) is 35.3. The van der Waals surface area contributed by atoms with Gasteiger partial charge in [0.2, 0.25) is 0 Å². The van der Waals surface area contributed by atoms with Crippen molar-refractivity contribution >= 4 is 25.3 Å². The highest BCUT2D eigenvalue weighted by Gasteiger charge is 2.67. The number of benzene rings is 1. The number of aliphatic carboxylic acids is 1. The van der Waals surface area contributed by atoms with Crippen molar-refractivity contribution in [1.29, 1.82) is 0 Å². The van der Waals surface area contributed by atoms with Crippen LogP contribution >= 0.6 is 7.82 Å². The lowest BCUT2D eigenvalue weighted by Gasteiger charge is -2.64. The fourth-order valence-electron chi connectivity index (χ4n) is 17.3. The van der Waals surface area contributed by atoms with Gasteiger partial charge in [-0.2, -0.15) is 0 Å². The van der Waals surface area contributed by atoms with Gasteiger partial charge in [-0.3, -0.25) is 23.2 Å². The summed E-state index contributed by atoms with van der Waals surface area (Å²) >= 11 is 0. The molecule has 7 saturated carbocycles. The van der Waals surface area contributed by atoms with Gasteiger partial charge in [-0.15, -0.1) is 19.1 Å². The number of carbonyl (C=O) groups excluding carboxylic acids is 1. The zero-order valence-corrected chi connectivity index (χ0v) is 46.1. The third-order valence-electron chi connectivity index (χ3n) is 21.2. The summed E-state index contributed by atoms with van der Waals surface area (Å²) in [5.74, 6) is 7.81. The topological polar surface area (TPSA) is 161 Å². The van der Waals surface area contributed by atoms with Crippen LogP contribution < -0.4 is 4.90 Å². The average molecular weight is 1040 g/mol. The van der Waals surface area contributed by atoms with E-state index in [0.717, 1.165) is 76.4 Å². The molecular weight excluding hydrogens is 954 g/mol. The summed E-state index contributed by atoms with van der Waals surface area (Å²) in [6.45, 7) is 19.3. The maximum atomic E-state index is 13.6. The van der Waals surface area contributed by atoms with Crippen LogP contribution in [0.1, 0.15) is 149 Å². The number of ketones is 1. The molecule has 1 aromatic rings. The number of allylic oxidation sites excluding steroid dienone is 4. The minimum Gasteiger partial charge on any atom is -0.481 e. The minimum atomic E-state index is -3.98. The maximum Gasteiger partial charge on any atom is 0.477 e. The molecule has 74 heavy (non-hydrogen) atoms. The summed E-state index contributed by atoms with van der Waals surface area (Å²) < 4.78 is 44.0. The van der Waals surface area contributed by atoms with Gasteiger partial charge in [-0.05, 0) is 177 Å². The van der Waals surface area contributed by atoms with Crippen LogP contribution in [0.15, 0.2) is 72.4 Å². The maximum absolute atomic E-state index is 13.6. The van der Waals surface area contributed by atoms with Gasteiger partial charge in [-0.25, -0.2) is 4.57 Å². The number of Topliss-reactive ketones (excluding diaryl/α,β-unsaturated/α-hetero) is 1. The number of carboxylic acid groups (broad SMARTS) is 1. The number of phosphoric ester groups is 1. The number of fused-ring (bicyclic) bond motifs is 9. The first kappa shape index (κ1) is 55.4. The number of carbonyl (C=O) groups is 2. The van der Waals surface area contributed by atoms with E-state index in [-0.39, 0.29) is 90.9 Å². The Labute approximate surface area is 441 Å². The molecule has 2 unspecified atom stereocenters. The molecule has 12 nitrogen and oxygen atoms in total. The van der Waals surface area contributed by atoms with E-state index >= 15 is 0 Å². The van der Waals surface area contributed by atoms with Crippen LogP contribution in [0.2, 0.25) is 0 Å². The quantitative estimate of drug-likeness (QED) is 0.0491. The van der Waals surface area contributed by atoms with Crippen molar-refractivity contribution in [3.8, 4) is 11.8 Å². The number of carboxylic acids is 1. The molecule has 0 aliphatic heterocycles. The highest BCUT2D eigenvalue weighted by Crippen LogP contribution is 2.70. The van der Waals surface area contributed by atoms with Gasteiger partial charge in [-0.1, -0.05) is 69.5 Å². The number of rotatable bonds is 20. The highest BCUT2D eigenvalue weighted by atomic mass is 31.2. The van der Waals surface area contributed by atoms with Crippen LogP contribution in [0.4, 0.5) is 5.69 Å². The van der Waals surface area contributed by atoms with E-state index in [9.17, 15) is 29.5 Å². The molecule has 1 aromatic carbocycles. The van der Waals surface area contributed by atoms with Crippen molar-refractivity contribution in [2.45, 2.75) is 167 Å². The lowest BCUT2D eigenvalue weighted by molar-refractivity contribution is -0.228. The molecule has 8 aliphatic carbocycles. The van der Waals surface area contributed by atoms with Crippen molar-refractivity contribution < 1.29 is 52.5 Å². The third-order valence-corrected chi connectivity index (χ3v) is 22.5. The molecule has 0 radical (unpaired) electrons. The Morgan fingerprint density at radius 3 is 2.41 bits per heavy atom. The van der Waals surface area contributed by atoms with E-state index in [1.807, 2.05) is 6.92 Å². The van der Waals surface area contributed by atoms with Gasteiger partial charge in [0, 0.05) is 49.9 Å². The van der Waals surface area contributed by atoms with Crippen molar-refractivity contribution in [1.82, 2.24) is 0 Å². The van der Waals surface area contributed by atoms with Crippen LogP contribution in [0.25, 0.3) is 0 Å². The number of ether oxygens (including phenoxy) is 2. The molecular formula is C61H86NO11P. The van der Waals surface area contributed by atoms with E-state index in [0.29, 0.717) is 56.3 Å². The lowest BCUT2D eigenvalue weighted by Crippen LogP contribution is -2.63. The first-order valence-corrected chi connectivity index (χ1v) is 29.6. The number of likely N-dealkylation sites (N-methyl/N-ethyl adjacent to an activating group) is 1. The number of aliphatic hydroxyl groups excluding tert-OH is 1. The normalized spacial score (nSPS) is 38.7. The minimum absolute atomic E-state index is 0.0149. The molecule has 13 heteroatoms. The van der Waals surface area contributed by atoms with Crippen LogP contribution in [0.5, 0.6) is 0 Å².